The van der Waals surface area contributed by atoms with Crippen molar-refractivity contribution in [2.24, 2.45) is 0 Å². The van der Waals surface area contributed by atoms with Crippen LogP contribution in [0.1, 0.15) is 20.3 Å². The van der Waals surface area contributed by atoms with Crippen LogP contribution in [0.5, 0.6) is 0 Å². The lowest BCUT2D eigenvalue weighted by molar-refractivity contribution is -0.136. The molecule has 0 amide bonds. The minimum absolute atomic E-state index is 0.407. The van der Waals surface area contributed by atoms with Crippen molar-refractivity contribution in [3.05, 3.63) is 0 Å². The van der Waals surface area contributed by atoms with Crippen molar-refractivity contribution in [3.63, 3.8) is 0 Å². The molecule has 0 spiro atoms. The summed E-state index contributed by atoms with van der Waals surface area (Å²) in [5.41, 5.74) is 0. The van der Waals surface area contributed by atoms with Crippen LogP contribution in [0.2, 0.25) is 0 Å². The molecule has 0 saturated carbocycles. The number of hydrogen-bond acceptors (Lipinski definition) is 6. The SMILES string of the molecule is CCCN1CCOCC1C1COCC(C2COCCN2C)N1CC. The fourth-order valence-electron chi connectivity index (χ4n) is 4.57. The Labute approximate surface area is 147 Å². The summed E-state index contributed by atoms with van der Waals surface area (Å²) >= 11 is 0. The maximum absolute atomic E-state index is 6.10. The Morgan fingerprint density at radius 1 is 0.792 bits per heavy atom. The smallest absolute Gasteiger partial charge is 0.0638 e. The van der Waals surface area contributed by atoms with Gasteiger partial charge in [0.2, 0.25) is 0 Å². The molecule has 4 atom stereocenters. The molecule has 0 aromatic carbocycles. The van der Waals surface area contributed by atoms with E-state index in [1.54, 1.807) is 0 Å². The van der Waals surface area contributed by atoms with Gasteiger partial charge >= 0.3 is 0 Å². The van der Waals surface area contributed by atoms with Gasteiger partial charge in [-0.1, -0.05) is 13.8 Å². The first-order chi connectivity index (χ1) is 11.8. The van der Waals surface area contributed by atoms with Crippen LogP contribution >= 0.6 is 0 Å². The maximum Gasteiger partial charge on any atom is 0.0638 e. The zero-order valence-electron chi connectivity index (χ0n) is 15.7. The highest BCUT2D eigenvalue weighted by Gasteiger charge is 2.43. The lowest BCUT2D eigenvalue weighted by atomic mass is 9.96. The molecule has 3 aliphatic heterocycles. The lowest BCUT2D eigenvalue weighted by Gasteiger charge is -2.52. The standard InChI is InChI=1S/C18H35N3O3/c1-4-6-20-8-10-23-12-16(20)18-14-24-13-17(21(18)5-2)15-11-22-9-7-19(15)3/h15-18H,4-14H2,1-3H3. The third-order valence-electron chi connectivity index (χ3n) is 5.92. The highest BCUT2D eigenvalue weighted by atomic mass is 16.5. The number of hydrogen-bond donors (Lipinski definition) is 0. The van der Waals surface area contributed by atoms with Crippen LogP contribution in [-0.4, -0.2) is 112 Å². The van der Waals surface area contributed by atoms with Crippen LogP contribution < -0.4 is 0 Å². The van der Waals surface area contributed by atoms with Gasteiger partial charge in [-0.3, -0.25) is 14.7 Å². The molecule has 0 aliphatic carbocycles. The normalized spacial score (nSPS) is 37.6. The Morgan fingerprint density at radius 3 is 2.08 bits per heavy atom. The van der Waals surface area contributed by atoms with Crippen LogP contribution in [0.25, 0.3) is 0 Å². The number of morpholine rings is 3. The molecule has 0 N–H and O–H groups in total. The Balaban J connectivity index is 1.74. The third kappa shape index (κ3) is 3.94. The second-order valence-corrected chi connectivity index (χ2v) is 7.30. The van der Waals surface area contributed by atoms with E-state index in [2.05, 4.69) is 35.6 Å². The summed E-state index contributed by atoms with van der Waals surface area (Å²) in [4.78, 5) is 7.73. The van der Waals surface area contributed by atoms with Crippen molar-refractivity contribution in [2.45, 2.75) is 44.4 Å². The second-order valence-electron chi connectivity index (χ2n) is 7.30. The average Bonchev–Trinajstić information content (AvgIpc) is 2.62. The molecule has 24 heavy (non-hydrogen) atoms. The molecule has 0 aromatic rings. The van der Waals surface area contributed by atoms with E-state index in [1.165, 1.54) is 6.42 Å². The highest BCUT2D eigenvalue weighted by Crippen LogP contribution is 2.26. The van der Waals surface area contributed by atoms with Gasteiger partial charge in [-0.05, 0) is 26.6 Å². The highest BCUT2D eigenvalue weighted by molar-refractivity contribution is 4.97. The van der Waals surface area contributed by atoms with E-state index in [0.717, 1.165) is 65.8 Å². The van der Waals surface area contributed by atoms with Crippen LogP contribution in [0.4, 0.5) is 0 Å². The van der Waals surface area contributed by atoms with Crippen molar-refractivity contribution in [3.8, 4) is 0 Å². The zero-order valence-corrected chi connectivity index (χ0v) is 15.7. The molecule has 0 radical (unpaired) electrons. The Hall–Kier alpha value is -0.240. The quantitative estimate of drug-likeness (QED) is 0.726. The minimum Gasteiger partial charge on any atom is -0.378 e. The third-order valence-corrected chi connectivity index (χ3v) is 5.92. The van der Waals surface area contributed by atoms with Crippen LogP contribution in [0.3, 0.4) is 0 Å². The van der Waals surface area contributed by atoms with Crippen molar-refractivity contribution in [1.82, 2.24) is 14.7 Å². The lowest BCUT2D eigenvalue weighted by Crippen LogP contribution is -2.68. The number of ether oxygens (including phenoxy) is 3. The fourth-order valence-corrected chi connectivity index (χ4v) is 4.57. The number of likely N-dealkylation sites (N-methyl/N-ethyl adjacent to an activating group) is 2. The molecular formula is C18H35N3O3. The molecule has 3 rings (SSSR count). The van der Waals surface area contributed by atoms with Gasteiger partial charge in [-0.25, -0.2) is 0 Å². The minimum atomic E-state index is 0.407. The van der Waals surface area contributed by atoms with E-state index in [9.17, 15) is 0 Å². The predicted octanol–water partition coefficient (Wildman–Crippen LogP) is 0.517. The van der Waals surface area contributed by atoms with E-state index < -0.39 is 0 Å². The van der Waals surface area contributed by atoms with E-state index in [4.69, 9.17) is 14.2 Å². The summed E-state index contributed by atoms with van der Waals surface area (Å²) in [7, 11) is 2.22. The molecule has 3 fully saturated rings. The first kappa shape index (κ1) is 18.5. The summed E-state index contributed by atoms with van der Waals surface area (Å²) < 4.78 is 17.7. The molecule has 3 aliphatic rings. The van der Waals surface area contributed by atoms with Gasteiger partial charge in [-0.15, -0.1) is 0 Å². The van der Waals surface area contributed by atoms with Gasteiger partial charge in [0.25, 0.3) is 0 Å². The summed E-state index contributed by atoms with van der Waals surface area (Å²) in [6, 6.07) is 1.68. The van der Waals surface area contributed by atoms with Gasteiger partial charge in [0.15, 0.2) is 0 Å². The van der Waals surface area contributed by atoms with Crippen LogP contribution in [-0.2, 0) is 14.2 Å². The summed E-state index contributed by atoms with van der Waals surface area (Å²) in [6.07, 6.45) is 1.19. The molecule has 4 unspecified atom stereocenters. The monoisotopic (exact) mass is 341 g/mol. The molecular weight excluding hydrogens is 306 g/mol. The zero-order chi connectivity index (χ0) is 16.9. The Kier molecular flexibility index (Phi) is 6.89. The average molecular weight is 341 g/mol. The molecule has 140 valence electrons. The van der Waals surface area contributed by atoms with E-state index in [-0.39, 0.29) is 0 Å². The summed E-state index contributed by atoms with van der Waals surface area (Å²) in [5.74, 6) is 0. The van der Waals surface area contributed by atoms with E-state index in [0.29, 0.717) is 24.2 Å². The van der Waals surface area contributed by atoms with Gasteiger partial charge in [0, 0.05) is 13.1 Å². The first-order valence-corrected chi connectivity index (χ1v) is 9.69. The van der Waals surface area contributed by atoms with Crippen molar-refractivity contribution in [2.75, 3.05) is 72.9 Å². The van der Waals surface area contributed by atoms with Crippen molar-refractivity contribution in [1.29, 1.82) is 0 Å². The van der Waals surface area contributed by atoms with Crippen LogP contribution in [0, 0.1) is 0 Å². The second kappa shape index (κ2) is 8.92. The predicted molar refractivity (Wildman–Crippen MR) is 94.5 cm³/mol. The van der Waals surface area contributed by atoms with E-state index >= 15 is 0 Å². The largest absolute Gasteiger partial charge is 0.378 e. The molecule has 6 heteroatoms. The fraction of sp³-hybridized carbons (Fsp3) is 1.00. The molecule has 3 heterocycles. The van der Waals surface area contributed by atoms with Gasteiger partial charge in [-0.2, -0.15) is 0 Å². The van der Waals surface area contributed by atoms with Crippen LogP contribution in [0.15, 0.2) is 0 Å². The number of rotatable bonds is 5. The molecule has 3 saturated heterocycles. The molecule has 6 nitrogen and oxygen atoms in total. The molecule has 0 bridgehead atoms. The topological polar surface area (TPSA) is 37.4 Å². The Bertz CT molecular complexity index is 383. The molecule has 0 aromatic heterocycles. The number of nitrogens with zero attached hydrogens (tertiary/aromatic N) is 3. The van der Waals surface area contributed by atoms with Gasteiger partial charge < -0.3 is 14.2 Å². The summed E-state index contributed by atoms with van der Waals surface area (Å²) in [6.45, 7) is 13.8. The van der Waals surface area contributed by atoms with Gasteiger partial charge in [0.1, 0.15) is 0 Å². The Morgan fingerprint density at radius 2 is 1.42 bits per heavy atom. The van der Waals surface area contributed by atoms with Crippen molar-refractivity contribution < 1.29 is 14.2 Å². The maximum atomic E-state index is 6.10. The van der Waals surface area contributed by atoms with Crippen molar-refractivity contribution >= 4 is 0 Å². The summed E-state index contributed by atoms with van der Waals surface area (Å²) in [5, 5.41) is 0. The van der Waals surface area contributed by atoms with Gasteiger partial charge in [0.05, 0.1) is 63.8 Å². The first-order valence-electron chi connectivity index (χ1n) is 9.69. The van der Waals surface area contributed by atoms with E-state index in [1.807, 2.05) is 0 Å².